The Labute approximate surface area is 78.8 Å². The first-order chi connectivity index (χ1) is 6.22. The Kier molecular flexibility index (Phi) is 3.48. The molecule has 2 N–H and O–H groups in total. The maximum absolute atomic E-state index is 11.1. The van der Waals surface area contributed by atoms with Gasteiger partial charge in [0.2, 0.25) is 5.91 Å². The molecular weight excluding hydrogens is 166 g/mol. The lowest BCUT2D eigenvalue weighted by atomic mass is 10.0. The second kappa shape index (κ2) is 4.42. The lowest BCUT2D eigenvalue weighted by molar-refractivity contribution is -0.116. The van der Waals surface area contributed by atoms with Gasteiger partial charge in [-0.05, 0) is 37.7 Å². The van der Waals surface area contributed by atoms with Crippen LogP contribution in [0.25, 0.3) is 0 Å². The van der Waals surface area contributed by atoms with Crippen molar-refractivity contribution in [2.24, 2.45) is 5.41 Å². The van der Waals surface area contributed by atoms with Crippen molar-refractivity contribution in [3.63, 3.8) is 0 Å². The van der Waals surface area contributed by atoms with Crippen LogP contribution < -0.4 is 5.32 Å². The molecule has 0 radical (unpaired) electrons. The van der Waals surface area contributed by atoms with E-state index in [2.05, 4.69) is 5.32 Å². The highest BCUT2D eigenvalue weighted by molar-refractivity contribution is 5.87. The molecule has 1 saturated carbocycles. The number of rotatable bonds is 5. The number of hydrogen-bond acceptors (Lipinski definition) is 2. The number of hydrogen-bond donors (Lipinski definition) is 2. The molecule has 0 heterocycles. The average molecular weight is 183 g/mol. The standard InChI is InChI=1S/C10H17NO2/c1-2-3-9(13)11-8-10(4-5-10)6-7-12/h2-3,12H,4-8H2,1H3,(H,11,13)/b3-2+. The van der Waals surface area contributed by atoms with E-state index < -0.39 is 0 Å². The third-order valence-corrected chi connectivity index (χ3v) is 2.55. The van der Waals surface area contributed by atoms with E-state index >= 15 is 0 Å². The van der Waals surface area contributed by atoms with Gasteiger partial charge in [0, 0.05) is 13.2 Å². The molecule has 1 amide bonds. The van der Waals surface area contributed by atoms with Gasteiger partial charge in [0.15, 0.2) is 0 Å². The first kappa shape index (κ1) is 10.3. The summed E-state index contributed by atoms with van der Waals surface area (Å²) in [6.07, 6.45) is 6.31. The monoisotopic (exact) mass is 183 g/mol. The summed E-state index contributed by atoms with van der Waals surface area (Å²) >= 11 is 0. The molecule has 0 aromatic carbocycles. The third-order valence-electron chi connectivity index (χ3n) is 2.55. The summed E-state index contributed by atoms with van der Waals surface area (Å²) in [6, 6.07) is 0. The lowest BCUT2D eigenvalue weighted by Crippen LogP contribution is -2.29. The fraction of sp³-hybridized carbons (Fsp3) is 0.700. The molecule has 0 aromatic rings. The Morgan fingerprint density at radius 3 is 2.77 bits per heavy atom. The summed E-state index contributed by atoms with van der Waals surface area (Å²) in [4.78, 5) is 11.1. The summed E-state index contributed by atoms with van der Waals surface area (Å²) in [6.45, 7) is 2.75. The maximum atomic E-state index is 11.1. The first-order valence-electron chi connectivity index (χ1n) is 4.74. The minimum Gasteiger partial charge on any atom is -0.396 e. The molecular formula is C10H17NO2. The van der Waals surface area contributed by atoms with Crippen LogP contribution in [0.3, 0.4) is 0 Å². The van der Waals surface area contributed by atoms with Crippen molar-refractivity contribution >= 4 is 5.91 Å². The van der Waals surface area contributed by atoms with Gasteiger partial charge in [-0.2, -0.15) is 0 Å². The molecule has 1 rings (SSSR count). The van der Waals surface area contributed by atoms with Gasteiger partial charge in [-0.15, -0.1) is 0 Å². The molecule has 0 bridgehead atoms. The van der Waals surface area contributed by atoms with Crippen LogP contribution >= 0.6 is 0 Å². The van der Waals surface area contributed by atoms with Crippen molar-refractivity contribution in [3.8, 4) is 0 Å². The molecule has 1 fully saturated rings. The quantitative estimate of drug-likeness (QED) is 0.620. The van der Waals surface area contributed by atoms with Gasteiger partial charge in [-0.3, -0.25) is 4.79 Å². The summed E-state index contributed by atoms with van der Waals surface area (Å²) in [5, 5.41) is 11.6. The average Bonchev–Trinajstić information content (AvgIpc) is 2.84. The third kappa shape index (κ3) is 3.19. The lowest BCUT2D eigenvalue weighted by Gasteiger charge is -2.13. The first-order valence-corrected chi connectivity index (χ1v) is 4.74. The van der Waals surface area contributed by atoms with Crippen LogP contribution in [0.4, 0.5) is 0 Å². The highest BCUT2D eigenvalue weighted by atomic mass is 16.3. The second-order valence-corrected chi connectivity index (χ2v) is 3.69. The van der Waals surface area contributed by atoms with Crippen LogP contribution in [-0.2, 0) is 4.79 Å². The van der Waals surface area contributed by atoms with Crippen LogP contribution in [-0.4, -0.2) is 24.2 Å². The van der Waals surface area contributed by atoms with Crippen molar-refractivity contribution < 1.29 is 9.90 Å². The predicted octanol–water partition coefficient (Wildman–Crippen LogP) is 0.841. The molecule has 13 heavy (non-hydrogen) atoms. The number of aliphatic hydroxyl groups excluding tert-OH is 1. The topological polar surface area (TPSA) is 49.3 Å². The summed E-state index contributed by atoms with van der Waals surface area (Å²) in [5.41, 5.74) is 0.214. The molecule has 1 aliphatic rings. The molecule has 0 unspecified atom stereocenters. The van der Waals surface area contributed by atoms with Gasteiger partial charge in [-0.1, -0.05) is 6.08 Å². The predicted molar refractivity (Wildman–Crippen MR) is 51.2 cm³/mol. The summed E-state index contributed by atoms with van der Waals surface area (Å²) in [5.74, 6) is -0.0354. The summed E-state index contributed by atoms with van der Waals surface area (Å²) in [7, 11) is 0. The van der Waals surface area contributed by atoms with Gasteiger partial charge in [0.05, 0.1) is 0 Å². The van der Waals surface area contributed by atoms with Crippen LogP contribution in [0.5, 0.6) is 0 Å². The molecule has 0 spiro atoms. The van der Waals surface area contributed by atoms with Crippen LogP contribution in [0, 0.1) is 5.41 Å². The fourth-order valence-electron chi connectivity index (χ4n) is 1.41. The molecule has 0 aliphatic heterocycles. The fourth-order valence-corrected chi connectivity index (χ4v) is 1.41. The highest BCUT2D eigenvalue weighted by Crippen LogP contribution is 2.47. The molecule has 0 atom stereocenters. The zero-order chi connectivity index (χ0) is 9.73. The van der Waals surface area contributed by atoms with E-state index in [1.807, 2.05) is 6.92 Å². The molecule has 1 aliphatic carbocycles. The maximum Gasteiger partial charge on any atom is 0.243 e. The molecule has 0 aromatic heterocycles. The number of nitrogens with one attached hydrogen (secondary N) is 1. The largest absolute Gasteiger partial charge is 0.396 e. The molecule has 3 nitrogen and oxygen atoms in total. The van der Waals surface area contributed by atoms with Gasteiger partial charge in [0.25, 0.3) is 0 Å². The van der Waals surface area contributed by atoms with Crippen LogP contribution in [0.1, 0.15) is 26.2 Å². The van der Waals surface area contributed by atoms with Gasteiger partial charge < -0.3 is 10.4 Å². The van der Waals surface area contributed by atoms with Crippen molar-refractivity contribution in [2.75, 3.05) is 13.2 Å². The molecule has 0 saturated heterocycles. The Morgan fingerprint density at radius 2 is 2.31 bits per heavy atom. The van der Waals surface area contributed by atoms with E-state index in [9.17, 15) is 4.79 Å². The van der Waals surface area contributed by atoms with E-state index in [0.29, 0.717) is 6.54 Å². The Hall–Kier alpha value is -0.830. The minimum atomic E-state index is -0.0354. The van der Waals surface area contributed by atoms with Crippen LogP contribution in [0.2, 0.25) is 0 Å². The zero-order valence-electron chi connectivity index (χ0n) is 8.05. The molecule has 3 heteroatoms. The van der Waals surface area contributed by atoms with E-state index in [0.717, 1.165) is 19.3 Å². The van der Waals surface area contributed by atoms with E-state index in [1.54, 1.807) is 6.08 Å². The smallest absolute Gasteiger partial charge is 0.243 e. The highest BCUT2D eigenvalue weighted by Gasteiger charge is 2.41. The second-order valence-electron chi connectivity index (χ2n) is 3.69. The van der Waals surface area contributed by atoms with Gasteiger partial charge >= 0.3 is 0 Å². The van der Waals surface area contributed by atoms with Gasteiger partial charge in [-0.25, -0.2) is 0 Å². The normalized spacial score (nSPS) is 18.9. The number of amides is 1. The number of carbonyl (C=O) groups excluding carboxylic acids is 1. The Morgan fingerprint density at radius 1 is 1.62 bits per heavy atom. The van der Waals surface area contributed by atoms with Crippen molar-refractivity contribution in [1.29, 1.82) is 0 Å². The van der Waals surface area contributed by atoms with E-state index in [-0.39, 0.29) is 17.9 Å². The van der Waals surface area contributed by atoms with Crippen molar-refractivity contribution in [3.05, 3.63) is 12.2 Å². The number of carbonyl (C=O) groups is 1. The van der Waals surface area contributed by atoms with E-state index in [1.165, 1.54) is 6.08 Å². The number of aliphatic hydroxyl groups is 1. The van der Waals surface area contributed by atoms with E-state index in [4.69, 9.17) is 5.11 Å². The zero-order valence-corrected chi connectivity index (χ0v) is 8.05. The minimum absolute atomic E-state index is 0.0354. The Bertz CT molecular complexity index is 207. The molecule has 74 valence electrons. The van der Waals surface area contributed by atoms with Crippen molar-refractivity contribution in [2.45, 2.75) is 26.2 Å². The SMILES string of the molecule is C/C=C/C(=O)NCC1(CCO)CC1. The Balaban J connectivity index is 2.22. The van der Waals surface area contributed by atoms with Crippen molar-refractivity contribution in [1.82, 2.24) is 5.32 Å². The summed E-state index contributed by atoms with van der Waals surface area (Å²) < 4.78 is 0. The number of allylic oxidation sites excluding steroid dienone is 1. The van der Waals surface area contributed by atoms with Crippen LogP contribution in [0.15, 0.2) is 12.2 Å². The van der Waals surface area contributed by atoms with Gasteiger partial charge in [0.1, 0.15) is 0 Å².